The van der Waals surface area contributed by atoms with Gasteiger partial charge in [-0.2, -0.15) is 0 Å². The molecule has 9 aromatic rings. The van der Waals surface area contributed by atoms with E-state index in [2.05, 4.69) is 0 Å². The van der Waals surface area contributed by atoms with Crippen molar-refractivity contribution in [1.82, 2.24) is 0 Å². The lowest BCUT2D eigenvalue weighted by Gasteiger charge is -2.50. The first kappa shape index (κ1) is 60.7. The van der Waals surface area contributed by atoms with Gasteiger partial charge in [0.25, 0.3) is 0 Å². The van der Waals surface area contributed by atoms with Crippen LogP contribution in [0.2, 0.25) is 0 Å². The van der Waals surface area contributed by atoms with Crippen molar-refractivity contribution >= 4 is 17.9 Å². The van der Waals surface area contributed by atoms with E-state index >= 15 is 0 Å². The average molecular weight is 1180 g/mol. The van der Waals surface area contributed by atoms with Crippen LogP contribution in [0.4, 0.5) is 0 Å². The summed E-state index contributed by atoms with van der Waals surface area (Å²) in [6.07, 6.45) is -13.0. The highest BCUT2D eigenvalue weighted by molar-refractivity contribution is 5.91. The Morgan fingerprint density at radius 2 is 0.693 bits per heavy atom. The molecule has 0 aromatic heterocycles. The summed E-state index contributed by atoms with van der Waals surface area (Å²) in [5.74, 6) is -2.23. The standard InChI is InChI=1S/C74H68O14/c1-78-72-68(87-71(77)57-39-21-7-22-40-57)66(86-70(76)56-37-19-6-20-38-56)64(61(84-72)50-82-69(75)55-35-17-5-18-36-55)88-73-67(81-49-54-33-15-4-16-34-54)65(80-48-53-31-13-3-14-32-53)63(79-47-52-29-11-2-12-30-52)62(85-73)51-83-74(58-41-23-8-24-42-58,59-43-25-9-26-44-59)60-45-27-10-28-46-60/h2-46,61-68,72-73H,47-51H2,1H3/t61-,62-,63-,64-,65+,66+,67-,68-,72+,73-/m1/s1. The van der Waals surface area contributed by atoms with Gasteiger partial charge in [-0.25, -0.2) is 14.4 Å². The fourth-order valence-electron chi connectivity index (χ4n) is 11.1. The SMILES string of the molecule is CO[C@H]1O[C@H](COC(=O)c2ccccc2)[C@@H](O[C@H]2O[C@H](COC(c3ccccc3)(c3ccccc3)c3ccccc3)[C@@H](OCc3ccccc3)[C@H](OCc3ccccc3)[C@H]2OCc2ccccc2)[C@H](OC(=O)c2ccccc2)[C@H]1OC(=O)c1ccccc1. The van der Waals surface area contributed by atoms with E-state index in [1.165, 1.54) is 7.11 Å². The number of benzene rings is 9. The van der Waals surface area contributed by atoms with Crippen molar-refractivity contribution in [3.8, 4) is 0 Å². The molecule has 14 heteroatoms. The third-order valence-electron chi connectivity index (χ3n) is 15.5. The van der Waals surface area contributed by atoms with Crippen molar-refractivity contribution in [2.45, 2.75) is 86.8 Å². The molecule has 0 spiro atoms. The molecule has 0 aliphatic carbocycles. The smallest absolute Gasteiger partial charge is 0.338 e. The molecule has 0 saturated carbocycles. The highest BCUT2D eigenvalue weighted by atomic mass is 16.8. The predicted molar refractivity (Wildman–Crippen MR) is 327 cm³/mol. The lowest BCUT2D eigenvalue weighted by atomic mass is 9.80. The lowest BCUT2D eigenvalue weighted by molar-refractivity contribution is -0.368. The zero-order valence-corrected chi connectivity index (χ0v) is 48.5. The Morgan fingerprint density at radius 3 is 1.11 bits per heavy atom. The average Bonchev–Trinajstić information content (AvgIpc) is 1.47. The first-order valence-corrected chi connectivity index (χ1v) is 29.3. The number of methoxy groups -OCH3 is 1. The van der Waals surface area contributed by atoms with Crippen molar-refractivity contribution in [1.29, 1.82) is 0 Å². The lowest BCUT2D eigenvalue weighted by Crippen LogP contribution is -2.67. The summed E-state index contributed by atoms with van der Waals surface area (Å²) >= 11 is 0. The van der Waals surface area contributed by atoms with E-state index in [9.17, 15) is 14.4 Å². The van der Waals surface area contributed by atoms with Gasteiger partial charge in [0.2, 0.25) is 0 Å². The molecule has 2 fully saturated rings. The van der Waals surface area contributed by atoms with Crippen LogP contribution in [0.3, 0.4) is 0 Å². The molecule has 0 unspecified atom stereocenters. The molecular formula is C74H68O14. The zero-order valence-electron chi connectivity index (χ0n) is 48.5. The fourth-order valence-corrected chi connectivity index (χ4v) is 11.1. The molecule has 0 bridgehead atoms. The van der Waals surface area contributed by atoms with E-state index in [1.54, 1.807) is 91.0 Å². The Labute approximate surface area is 512 Å². The number of hydrogen-bond donors (Lipinski definition) is 0. The molecule has 0 radical (unpaired) electrons. The second-order valence-corrected chi connectivity index (χ2v) is 21.2. The molecule has 11 rings (SSSR count). The van der Waals surface area contributed by atoms with E-state index in [1.807, 2.05) is 182 Å². The maximum atomic E-state index is 14.7. The van der Waals surface area contributed by atoms with Crippen LogP contribution in [0.5, 0.6) is 0 Å². The van der Waals surface area contributed by atoms with Crippen LogP contribution in [0.25, 0.3) is 0 Å². The number of esters is 3. The van der Waals surface area contributed by atoms with Crippen LogP contribution in [-0.2, 0) is 77.5 Å². The number of hydrogen-bond acceptors (Lipinski definition) is 14. The van der Waals surface area contributed by atoms with Gasteiger partial charge in [-0.05, 0) is 69.8 Å². The van der Waals surface area contributed by atoms with Gasteiger partial charge in [0, 0.05) is 7.11 Å². The molecule has 14 nitrogen and oxygen atoms in total. The van der Waals surface area contributed by atoms with E-state index in [-0.39, 0.29) is 43.1 Å². The Kier molecular flexibility index (Phi) is 20.8. The first-order chi connectivity index (χ1) is 43.3. The minimum absolute atomic E-state index is 0.0421. The summed E-state index contributed by atoms with van der Waals surface area (Å²) in [5, 5.41) is 0. The topological polar surface area (TPSA) is 153 Å². The maximum Gasteiger partial charge on any atom is 0.338 e. The number of rotatable bonds is 25. The van der Waals surface area contributed by atoms with E-state index in [4.69, 9.17) is 52.1 Å². The Bertz CT molecular complexity index is 3460. The molecular weight excluding hydrogens is 1110 g/mol. The Morgan fingerprint density at radius 1 is 0.352 bits per heavy atom. The van der Waals surface area contributed by atoms with E-state index < -0.39 is 91.5 Å². The number of carbonyl (C=O) groups excluding carboxylic acids is 3. The van der Waals surface area contributed by atoms with Crippen LogP contribution >= 0.6 is 0 Å². The molecule has 9 aromatic carbocycles. The predicted octanol–water partition coefficient (Wildman–Crippen LogP) is 12.5. The van der Waals surface area contributed by atoms with Gasteiger partial charge >= 0.3 is 17.9 Å². The van der Waals surface area contributed by atoms with Crippen molar-refractivity contribution < 1.29 is 66.5 Å². The molecule has 2 aliphatic rings. The van der Waals surface area contributed by atoms with Crippen molar-refractivity contribution in [2.24, 2.45) is 0 Å². The zero-order chi connectivity index (χ0) is 60.3. The normalized spacial score (nSPS) is 21.8. The van der Waals surface area contributed by atoms with Crippen molar-refractivity contribution in [3.63, 3.8) is 0 Å². The summed E-state index contributed by atoms with van der Waals surface area (Å²) in [7, 11) is 1.37. The molecule has 0 amide bonds. The largest absolute Gasteiger partial charge is 0.459 e. The maximum absolute atomic E-state index is 14.7. The van der Waals surface area contributed by atoms with Crippen LogP contribution < -0.4 is 0 Å². The van der Waals surface area contributed by atoms with Crippen molar-refractivity contribution in [3.05, 3.63) is 323 Å². The fraction of sp³-hybridized carbons (Fsp3) is 0.230. The molecule has 10 atom stereocenters. The third-order valence-corrected chi connectivity index (χ3v) is 15.5. The number of ether oxygens (including phenoxy) is 11. The second kappa shape index (κ2) is 30.1. The quantitative estimate of drug-likeness (QED) is 0.0303. The van der Waals surface area contributed by atoms with Gasteiger partial charge in [-0.1, -0.05) is 237 Å². The molecule has 2 saturated heterocycles. The molecule has 2 aliphatic heterocycles. The minimum Gasteiger partial charge on any atom is -0.459 e. The first-order valence-electron chi connectivity index (χ1n) is 29.3. The van der Waals surface area contributed by atoms with Gasteiger partial charge in [-0.3, -0.25) is 0 Å². The second-order valence-electron chi connectivity index (χ2n) is 21.2. The Balaban J connectivity index is 1.07. The van der Waals surface area contributed by atoms with E-state index in [0.29, 0.717) is 0 Å². The summed E-state index contributed by atoms with van der Waals surface area (Å²) < 4.78 is 75.9. The molecule has 88 heavy (non-hydrogen) atoms. The molecule has 0 N–H and O–H groups in total. The van der Waals surface area contributed by atoms with Crippen molar-refractivity contribution in [2.75, 3.05) is 20.3 Å². The van der Waals surface area contributed by atoms with Gasteiger partial charge in [0.05, 0.1) is 43.1 Å². The van der Waals surface area contributed by atoms with Gasteiger partial charge < -0.3 is 52.1 Å². The monoisotopic (exact) mass is 1180 g/mol. The van der Waals surface area contributed by atoms with Crippen LogP contribution in [0.1, 0.15) is 64.5 Å². The summed E-state index contributed by atoms with van der Waals surface area (Å²) in [6.45, 7) is -0.358. The molecule has 448 valence electrons. The van der Waals surface area contributed by atoms with Crippen LogP contribution in [-0.4, -0.2) is 99.6 Å². The van der Waals surface area contributed by atoms with Crippen LogP contribution in [0.15, 0.2) is 273 Å². The highest BCUT2D eigenvalue weighted by Crippen LogP contribution is 2.43. The third kappa shape index (κ3) is 14.9. The Hall–Kier alpha value is -8.93. The van der Waals surface area contributed by atoms with Gasteiger partial charge in [0.15, 0.2) is 24.8 Å². The highest BCUT2D eigenvalue weighted by Gasteiger charge is 2.57. The summed E-state index contributed by atoms with van der Waals surface area (Å²) in [6, 6.07) is 84.4. The summed E-state index contributed by atoms with van der Waals surface area (Å²) in [4.78, 5) is 43.0. The summed E-state index contributed by atoms with van der Waals surface area (Å²) in [5.41, 5.74) is 4.53. The van der Waals surface area contributed by atoms with Gasteiger partial charge in [-0.15, -0.1) is 0 Å². The van der Waals surface area contributed by atoms with Crippen LogP contribution in [0, 0.1) is 0 Å². The molecule has 2 heterocycles. The van der Waals surface area contributed by atoms with E-state index in [0.717, 1.165) is 33.4 Å². The number of carbonyl (C=O) groups is 3. The minimum atomic E-state index is -1.56. The van der Waals surface area contributed by atoms with Gasteiger partial charge in [0.1, 0.15) is 48.8 Å².